The Morgan fingerprint density at radius 3 is 2.45 bits per heavy atom. The molecule has 1 aliphatic carbocycles. The number of carbonyl (C=O) groups is 1. The lowest BCUT2D eigenvalue weighted by Gasteiger charge is -2.26. The van der Waals surface area contributed by atoms with Crippen LogP contribution >= 0.6 is 0 Å². The molecule has 1 aromatic carbocycles. The summed E-state index contributed by atoms with van der Waals surface area (Å²) in [5.41, 5.74) is 9.90. The van der Waals surface area contributed by atoms with Gasteiger partial charge in [0.25, 0.3) is 0 Å². The molecule has 1 fully saturated rings. The second-order valence-corrected chi connectivity index (χ2v) is 8.63. The van der Waals surface area contributed by atoms with Crippen molar-refractivity contribution < 1.29 is 9.53 Å². The molecule has 0 aliphatic heterocycles. The number of hydrazine groups is 1. The smallest absolute Gasteiger partial charge is 0.317 e. The summed E-state index contributed by atoms with van der Waals surface area (Å²) in [5.74, 6) is 6.85. The molecule has 0 saturated heterocycles. The molecule has 1 aromatic heterocycles. The molecular weight excluding hydrogens is 416 g/mol. The monoisotopic (exact) mass is 452 g/mol. The third-order valence-corrected chi connectivity index (χ3v) is 5.92. The Morgan fingerprint density at radius 2 is 1.82 bits per heavy atom. The van der Waals surface area contributed by atoms with Crippen molar-refractivity contribution in [3.05, 3.63) is 65.1 Å². The predicted molar refractivity (Wildman–Crippen MR) is 131 cm³/mol. The molecule has 1 saturated carbocycles. The van der Waals surface area contributed by atoms with Gasteiger partial charge in [0.15, 0.2) is 0 Å². The van der Waals surface area contributed by atoms with Crippen LogP contribution < -0.4 is 21.6 Å². The van der Waals surface area contributed by atoms with E-state index in [0.717, 1.165) is 29.8 Å². The van der Waals surface area contributed by atoms with Crippen LogP contribution in [0.2, 0.25) is 0 Å². The van der Waals surface area contributed by atoms with Crippen LogP contribution in [0.3, 0.4) is 0 Å². The summed E-state index contributed by atoms with van der Waals surface area (Å²) in [4.78, 5) is 18.8. The Bertz CT molecular complexity index is 955. The van der Waals surface area contributed by atoms with Crippen molar-refractivity contribution in [3.8, 4) is 5.75 Å². The number of benzene rings is 1. The SMILES string of the molecule is Cc1nc(/C(N)=C(\CN(C)C(=O)NCc2ccccc2)N(C)N)ccc1OC1CCCCC1. The Hall–Kier alpha value is -3.26. The van der Waals surface area contributed by atoms with E-state index < -0.39 is 0 Å². The molecular formula is C25H36N6O2. The number of ether oxygens (including phenoxy) is 1. The fraction of sp³-hybridized carbons (Fsp3) is 0.440. The van der Waals surface area contributed by atoms with Gasteiger partial charge in [-0.25, -0.2) is 15.6 Å². The largest absolute Gasteiger partial charge is 0.489 e. The molecule has 3 rings (SSSR count). The van der Waals surface area contributed by atoms with Gasteiger partial charge in [-0.05, 0) is 50.3 Å². The number of likely N-dealkylation sites (N-methyl/N-ethyl adjacent to an activating group) is 2. The summed E-state index contributed by atoms with van der Waals surface area (Å²) in [5, 5.41) is 4.34. The van der Waals surface area contributed by atoms with Crippen molar-refractivity contribution in [2.75, 3.05) is 20.6 Å². The van der Waals surface area contributed by atoms with Gasteiger partial charge in [0.1, 0.15) is 5.75 Å². The Kier molecular flexibility index (Phi) is 8.54. The van der Waals surface area contributed by atoms with Crippen molar-refractivity contribution in [2.24, 2.45) is 11.6 Å². The van der Waals surface area contributed by atoms with Crippen molar-refractivity contribution in [3.63, 3.8) is 0 Å². The van der Waals surface area contributed by atoms with Gasteiger partial charge in [-0.2, -0.15) is 0 Å². The summed E-state index contributed by atoms with van der Waals surface area (Å²) >= 11 is 0. The Morgan fingerprint density at radius 1 is 1.12 bits per heavy atom. The molecule has 8 heteroatoms. The minimum Gasteiger partial charge on any atom is -0.489 e. The summed E-state index contributed by atoms with van der Waals surface area (Å²) in [6, 6.07) is 13.3. The van der Waals surface area contributed by atoms with Gasteiger partial charge in [0.2, 0.25) is 0 Å². The maximum Gasteiger partial charge on any atom is 0.317 e. The number of amides is 2. The lowest BCUT2D eigenvalue weighted by molar-refractivity contribution is 0.153. The number of nitrogens with zero attached hydrogens (tertiary/aromatic N) is 3. The number of rotatable bonds is 8. The first-order chi connectivity index (χ1) is 15.8. The Labute approximate surface area is 196 Å². The minimum absolute atomic E-state index is 0.216. The molecule has 0 unspecified atom stereocenters. The van der Waals surface area contributed by atoms with Crippen LogP contribution in [0.25, 0.3) is 5.70 Å². The number of hydrogen-bond donors (Lipinski definition) is 3. The molecule has 5 N–H and O–H groups in total. The van der Waals surface area contributed by atoms with E-state index in [0.29, 0.717) is 23.6 Å². The summed E-state index contributed by atoms with van der Waals surface area (Å²) in [7, 11) is 3.40. The maximum absolute atomic E-state index is 12.6. The van der Waals surface area contributed by atoms with Gasteiger partial charge >= 0.3 is 6.03 Å². The molecule has 1 heterocycles. The lowest BCUT2D eigenvalue weighted by atomic mass is 9.98. The van der Waals surface area contributed by atoms with Gasteiger partial charge in [-0.15, -0.1) is 0 Å². The van der Waals surface area contributed by atoms with Crippen LogP contribution in [0.4, 0.5) is 4.79 Å². The summed E-state index contributed by atoms with van der Waals surface area (Å²) in [6.45, 7) is 2.60. The highest BCUT2D eigenvalue weighted by Crippen LogP contribution is 2.26. The van der Waals surface area contributed by atoms with Crippen LogP contribution in [0.5, 0.6) is 5.75 Å². The zero-order valence-corrected chi connectivity index (χ0v) is 19.9. The van der Waals surface area contributed by atoms with Gasteiger partial charge in [0, 0.05) is 20.6 Å². The topological polar surface area (TPSA) is 110 Å². The lowest BCUT2D eigenvalue weighted by Crippen LogP contribution is -2.42. The van der Waals surface area contributed by atoms with Crippen LogP contribution in [-0.4, -0.2) is 47.7 Å². The van der Waals surface area contributed by atoms with E-state index in [1.807, 2.05) is 49.4 Å². The first-order valence-corrected chi connectivity index (χ1v) is 11.5. The molecule has 0 atom stereocenters. The number of nitrogens with two attached hydrogens (primary N) is 2. The molecule has 0 spiro atoms. The number of pyridine rings is 1. The van der Waals surface area contributed by atoms with E-state index in [4.69, 9.17) is 16.3 Å². The minimum atomic E-state index is -0.216. The zero-order valence-electron chi connectivity index (χ0n) is 19.9. The van der Waals surface area contributed by atoms with Gasteiger partial charge in [-0.1, -0.05) is 36.8 Å². The highest BCUT2D eigenvalue weighted by atomic mass is 16.5. The summed E-state index contributed by atoms with van der Waals surface area (Å²) in [6.07, 6.45) is 6.14. The van der Waals surface area contributed by atoms with Crippen molar-refractivity contribution in [1.82, 2.24) is 20.2 Å². The van der Waals surface area contributed by atoms with E-state index in [-0.39, 0.29) is 18.7 Å². The van der Waals surface area contributed by atoms with Crippen molar-refractivity contribution in [2.45, 2.75) is 51.7 Å². The quantitative estimate of drug-likeness (QED) is 0.418. The second-order valence-electron chi connectivity index (χ2n) is 8.63. The first kappa shape index (κ1) is 24.4. The number of aryl methyl sites for hydroxylation is 1. The number of nitrogens with one attached hydrogen (secondary N) is 1. The highest BCUT2D eigenvalue weighted by Gasteiger charge is 2.19. The van der Waals surface area contributed by atoms with Gasteiger partial charge in [-0.3, -0.25) is 0 Å². The number of carbonyl (C=O) groups excluding carboxylic acids is 1. The third kappa shape index (κ3) is 6.86. The maximum atomic E-state index is 12.6. The standard InChI is InChI=1S/C25H36N6O2/c1-18-23(33-20-12-8-5-9-13-20)15-14-21(29-18)24(26)22(31(3)27)17-30(2)25(32)28-16-19-10-6-4-7-11-19/h4,6-7,10-11,14-15,20H,5,8-9,12-13,16-17,26-27H2,1-3H3,(H,28,32)/b24-22-. The van der Waals surface area contributed by atoms with E-state index in [1.165, 1.54) is 24.3 Å². The van der Waals surface area contributed by atoms with E-state index in [9.17, 15) is 4.79 Å². The number of urea groups is 1. The van der Waals surface area contributed by atoms with Crippen molar-refractivity contribution >= 4 is 11.7 Å². The Balaban J connectivity index is 1.68. The molecule has 0 bridgehead atoms. The van der Waals surface area contributed by atoms with Crippen molar-refractivity contribution in [1.29, 1.82) is 0 Å². The molecule has 33 heavy (non-hydrogen) atoms. The fourth-order valence-electron chi connectivity index (χ4n) is 3.92. The molecule has 8 nitrogen and oxygen atoms in total. The van der Waals surface area contributed by atoms with Crippen LogP contribution in [0.1, 0.15) is 49.1 Å². The molecule has 2 amide bonds. The summed E-state index contributed by atoms with van der Waals surface area (Å²) < 4.78 is 6.17. The fourth-order valence-corrected chi connectivity index (χ4v) is 3.92. The zero-order chi connectivity index (χ0) is 23.8. The average molecular weight is 453 g/mol. The van der Waals surface area contributed by atoms with Crippen LogP contribution in [-0.2, 0) is 6.54 Å². The first-order valence-electron chi connectivity index (χ1n) is 11.5. The van der Waals surface area contributed by atoms with Gasteiger partial charge < -0.3 is 25.7 Å². The second kappa shape index (κ2) is 11.6. The predicted octanol–water partition coefficient (Wildman–Crippen LogP) is 3.38. The van der Waals surface area contributed by atoms with Gasteiger partial charge in [0.05, 0.1) is 35.4 Å². The van der Waals surface area contributed by atoms with Crippen LogP contribution in [0, 0.1) is 6.92 Å². The normalized spacial score (nSPS) is 14.9. The number of hydrogen-bond acceptors (Lipinski definition) is 6. The third-order valence-electron chi connectivity index (χ3n) is 5.92. The molecule has 1 aliphatic rings. The number of aromatic nitrogens is 1. The van der Waals surface area contributed by atoms with Crippen LogP contribution in [0.15, 0.2) is 48.2 Å². The average Bonchev–Trinajstić information content (AvgIpc) is 2.82. The van der Waals surface area contributed by atoms with E-state index in [1.54, 1.807) is 19.0 Å². The molecule has 178 valence electrons. The van der Waals surface area contributed by atoms with E-state index >= 15 is 0 Å². The molecule has 2 aromatic rings. The molecule has 0 radical (unpaired) electrons. The van der Waals surface area contributed by atoms with E-state index in [2.05, 4.69) is 10.3 Å². The highest BCUT2D eigenvalue weighted by molar-refractivity contribution is 5.75.